The molecule has 0 aliphatic rings. The zero-order valence-corrected chi connectivity index (χ0v) is 12.8. The molecule has 1 aromatic heterocycles. The predicted molar refractivity (Wildman–Crippen MR) is 89.0 cm³/mol. The van der Waals surface area contributed by atoms with Crippen LogP contribution in [0.5, 0.6) is 0 Å². The van der Waals surface area contributed by atoms with Crippen molar-refractivity contribution in [2.75, 3.05) is 0 Å². The summed E-state index contributed by atoms with van der Waals surface area (Å²) >= 11 is 0. The Morgan fingerprint density at radius 1 is 1.00 bits per heavy atom. The molecule has 1 atom stereocenters. The lowest BCUT2D eigenvalue weighted by Crippen LogP contribution is -2.07. The van der Waals surface area contributed by atoms with E-state index in [1.54, 1.807) is 6.33 Å². The lowest BCUT2D eigenvalue weighted by atomic mass is 9.85. The second-order valence-corrected chi connectivity index (χ2v) is 5.10. The number of halogens is 1. The summed E-state index contributed by atoms with van der Waals surface area (Å²) < 4.78 is 0. The van der Waals surface area contributed by atoms with E-state index in [1.165, 1.54) is 22.4 Å². The van der Waals surface area contributed by atoms with Crippen LogP contribution in [0.25, 0.3) is 0 Å². The van der Waals surface area contributed by atoms with Crippen LogP contribution in [0, 0.1) is 6.92 Å². The number of nitrogens with zero attached hydrogens (tertiary/aromatic N) is 1. The summed E-state index contributed by atoms with van der Waals surface area (Å²) in [5.41, 5.74) is 5.23. The molecule has 2 nitrogen and oxygen atoms in total. The van der Waals surface area contributed by atoms with E-state index in [-0.39, 0.29) is 12.4 Å². The minimum absolute atomic E-state index is 0. The van der Waals surface area contributed by atoms with Crippen LogP contribution in [-0.4, -0.2) is 9.97 Å². The van der Waals surface area contributed by atoms with Crippen molar-refractivity contribution in [2.24, 2.45) is 0 Å². The van der Waals surface area contributed by atoms with E-state index in [1.807, 2.05) is 6.20 Å². The van der Waals surface area contributed by atoms with Crippen LogP contribution >= 0.6 is 12.4 Å². The van der Waals surface area contributed by atoms with Crippen molar-refractivity contribution in [2.45, 2.75) is 19.3 Å². The predicted octanol–water partition coefficient (Wildman–Crippen LogP) is 4.51. The number of benzene rings is 2. The Bertz CT molecular complexity index is 663. The van der Waals surface area contributed by atoms with Gasteiger partial charge in [0.05, 0.1) is 6.33 Å². The van der Waals surface area contributed by atoms with E-state index in [0.717, 1.165) is 6.42 Å². The number of aryl methyl sites for hydroxylation is 1. The molecule has 0 spiro atoms. The van der Waals surface area contributed by atoms with Crippen LogP contribution in [0.4, 0.5) is 0 Å². The molecule has 0 saturated carbocycles. The summed E-state index contributed by atoms with van der Waals surface area (Å²) in [6.07, 6.45) is 4.60. The number of H-pyrrole nitrogens is 1. The number of nitrogens with one attached hydrogen (secondary N) is 1. The van der Waals surface area contributed by atoms with Gasteiger partial charge in [-0.3, -0.25) is 0 Å². The van der Waals surface area contributed by atoms with E-state index in [2.05, 4.69) is 71.5 Å². The van der Waals surface area contributed by atoms with Gasteiger partial charge in [-0.25, -0.2) is 4.98 Å². The second-order valence-electron chi connectivity index (χ2n) is 5.10. The maximum atomic E-state index is 4.13. The Balaban J connectivity index is 0.00000161. The van der Waals surface area contributed by atoms with Crippen molar-refractivity contribution in [1.82, 2.24) is 9.97 Å². The summed E-state index contributed by atoms with van der Waals surface area (Å²) in [5, 5.41) is 0. The number of hydrogen-bond acceptors (Lipinski definition) is 1. The van der Waals surface area contributed by atoms with E-state index in [0.29, 0.717) is 5.92 Å². The quantitative estimate of drug-likeness (QED) is 0.754. The van der Waals surface area contributed by atoms with Gasteiger partial charge in [0.2, 0.25) is 0 Å². The third-order valence-electron chi connectivity index (χ3n) is 3.74. The van der Waals surface area contributed by atoms with Gasteiger partial charge in [0.25, 0.3) is 0 Å². The zero-order chi connectivity index (χ0) is 13.8. The molecule has 0 amide bonds. The van der Waals surface area contributed by atoms with Crippen molar-refractivity contribution < 1.29 is 0 Å². The highest BCUT2D eigenvalue weighted by molar-refractivity contribution is 5.85. The van der Waals surface area contributed by atoms with Gasteiger partial charge in [0, 0.05) is 17.8 Å². The van der Waals surface area contributed by atoms with Gasteiger partial charge in [-0.15, -0.1) is 12.4 Å². The highest BCUT2D eigenvalue weighted by atomic mass is 35.5. The van der Waals surface area contributed by atoms with Crippen LogP contribution in [0.3, 0.4) is 0 Å². The topological polar surface area (TPSA) is 28.7 Å². The summed E-state index contributed by atoms with van der Waals surface area (Å²) in [4.78, 5) is 7.34. The minimum atomic E-state index is 0. The van der Waals surface area contributed by atoms with Gasteiger partial charge in [0.1, 0.15) is 0 Å². The first-order chi connectivity index (χ1) is 9.84. The Morgan fingerprint density at radius 3 is 2.38 bits per heavy atom. The average molecular weight is 299 g/mol. The molecule has 3 heteroatoms. The van der Waals surface area contributed by atoms with Crippen LogP contribution in [-0.2, 0) is 6.42 Å². The third kappa shape index (κ3) is 3.53. The molecule has 0 saturated heterocycles. The van der Waals surface area contributed by atoms with Crippen molar-refractivity contribution >= 4 is 12.4 Å². The molecule has 0 radical (unpaired) electrons. The fourth-order valence-corrected chi connectivity index (χ4v) is 2.69. The van der Waals surface area contributed by atoms with Crippen molar-refractivity contribution in [3.05, 3.63) is 89.5 Å². The molecule has 0 aliphatic heterocycles. The molecule has 0 fully saturated rings. The maximum Gasteiger partial charge on any atom is 0.0921 e. The van der Waals surface area contributed by atoms with Gasteiger partial charge in [0.15, 0.2) is 0 Å². The monoisotopic (exact) mass is 298 g/mol. The first-order valence-electron chi connectivity index (χ1n) is 6.92. The molecule has 1 heterocycles. The Kier molecular flexibility index (Phi) is 5.18. The summed E-state index contributed by atoms with van der Waals surface area (Å²) in [6, 6.07) is 19.3. The lowest BCUT2D eigenvalue weighted by molar-refractivity contribution is 0.781. The van der Waals surface area contributed by atoms with Crippen molar-refractivity contribution in [1.29, 1.82) is 0 Å². The number of aromatic amines is 1. The molecule has 1 unspecified atom stereocenters. The van der Waals surface area contributed by atoms with Gasteiger partial charge in [-0.05, 0) is 30.0 Å². The molecular formula is C18H19ClN2. The minimum Gasteiger partial charge on any atom is -0.348 e. The third-order valence-corrected chi connectivity index (χ3v) is 3.74. The smallest absolute Gasteiger partial charge is 0.0921 e. The van der Waals surface area contributed by atoms with E-state index < -0.39 is 0 Å². The summed E-state index contributed by atoms with van der Waals surface area (Å²) in [6.45, 7) is 2.18. The molecule has 0 aliphatic carbocycles. The van der Waals surface area contributed by atoms with Gasteiger partial charge < -0.3 is 4.98 Å². The van der Waals surface area contributed by atoms with Crippen LogP contribution in [0.1, 0.15) is 28.3 Å². The maximum absolute atomic E-state index is 4.13. The van der Waals surface area contributed by atoms with Gasteiger partial charge in [-0.1, -0.05) is 54.6 Å². The number of aromatic nitrogens is 2. The zero-order valence-electron chi connectivity index (χ0n) is 12.0. The lowest BCUT2D eigenvalue weighted by Gasteiger charge is -2.19. The fraction of sp³-hybridized carbons (Fsp3) is 0.167. The summed E-state index contributed by atoms with van der Waals surface area (Å²) in [7, 11) is 0. The largest absolute Gasteiger partial charge is 0.348 e. The summed E-state index contributed by atoms with van der Waals surface area (Å²) in [5.74, 6) is 0.359. The van der Waals surface area contributed by atoms with E-state index >= 15 is 0 Å². The molecule has 108 valence electrons. The number of imidazole rings is 1. The van der Waals surface area contributed by atoms with Crippen LogP contribution in [0.15, 0.2) is 67.1 Å². The SMILES string of the molecule is Cc1ccccc1C(Cc1cnc[nH]1)c1ccccc1.Cl. The first-order valence-corrected chi connectivity index (χ1v) is 6.92. The van der Waals surface area contributed by atoms with Crippen LogP contribution < -0.4 is 0 Å². The Hall–Kier alpha value is -2.06. The van der Waals surface area contributed by atoms with E-state index in [9.17, 15) is 0 Å². The highest BCUT2D eigenvalue weighted by Gasteiger charge is 2.17. The van der Waals surface area contributed by atoms with Gasteiger partial charge >= 0.3 is 0 Å². The Labute approximate surface area is 131 Å². The van der Waals surface area contributed by atoms with Crippen molar-refractivity contribution in [3.8, 4) is 0 Å². The normalized spacial score (nSPS) is 11.7. The average Bonchev–Trinajstić information content (AvgIpc) is 3.00. The number of hydrogen-bond donors (Lipinski definition) is 1. The fourth-order valence-electron chi connectivity index (χ4n) is 2.69. The molecule has 2 aromatic carbocycles. The molecule has 3 aromatic rings. The van der Waals surface area contributed by atoms with Gasteiger partial charge in [-0.2, -0.15) is 0 Å². The highest BCUT2D eigenvalue weighted by Crippen LogP contribution is 2.29. The van der Waals surface area contributed by atoms with E-state index in [4.69, 9.17) is 0 Å². The second kappa shape index (κ2) is 7.09. The molecule has 0 bridgehead atoms. The molecular weight excluding hydrogens is 280 g/mol. The first kappa shape index (κ1) is 15.3. The molecule has 3 rings (SSSR count). The number of rotatable bonds is 4. The standard InChI is InChI=1S/C18H18N2.ClH/c1-14-7-5-6-10-17(14)18(11-16-12-19-13-20-16)15-8-3-2-4-9-15;/h2-10,12-13,18H,11H2,1H3,(H,19,20);1H. The Morgan fingerprint density at radius 2 is 1.71 bits per heavy atom. The van der Waals surface area contributed by atoms with Crippen LogP contribution in [0.2, 0.25) is 0 Å². The molecule has 21 heavy (non-hydrogen) atoms. The van der Waals surface area contributed by atoms with Crippen molar-refractivity contribution in [3.63, 3.8) is 0 Å². The molecule has 1 N–H and O–H groups in total.